The van der Waals surface area contributed by atoms with E-state index in [4.69, 9.17) is 0 Å². The number of hydrogen-bond donors (Lipinski definition) is 1. The van der Waals surface area contributed by atoms with Crippen molar-refractivity contribution in [2.75, 3.05) is 25.5 Å². The second kappa shape index (κ2) is 13.9. The molecule has 3 aromatic carbocycles. The summed E-state index contributed by atoms with van der Waals surface area (Å²) in [6, 6.07) is 25.9. The van der Waals surface area contributed by atoms with E-state index in [2.05, 4.69) is 15.3 Å². The SMILES string of the molecule is CCN(CC)C(=O)[C@H](c1ccccn1)N(C)Cc1ccc2nc(NC(=O)c3ccccc3-c3ccc(C(F)(F)F)cc3)ccc2c1. The third-order valence-electron chi connectivity index (χ3n) is 7.84. The van der Waals surface area contributed by atoms with Crippen molar-refractivity contribution in [2.24, 2.45) is 0 Å². The molecule has 10 heteroatoms. The van der Waals surface area contributed by atoms with Crippen LogP contribution in [-0.4, -0.2) is 51.7 Å². The lowest BCUT2D eigenvalue weighted by atomic mass is 9.98. The number of carbonyl (C=O) groups excluding carboxylic acids is 2. The number of benzene rings is 3. The van der Waals surface area contributed by atoms with E-state index in [0.717, 1.165) is 23.1 Å². The van der Waals surface area contributed by atoms with Crippen LogP contribution in [0, 0.1) is 0 Å². The first-order valence-electron chi connectivity index (χ1n) is 15.0. The molecule has 1 atom stereocenters. The van der Waals surface area contributed by atoms with Crippen molar-refractivity contribution in [3.63, 3.8) is 0 Å². The number of nitrogens with zero attached hydrogens (tertiary/aromatic N) is 4. The van der Waals surface area contributed by atoms with E-state index >= 15 is 0 Å². The van der Waals surface area contributed by atoms with Gasteiger partial charge in [0.1, 0.15) is 11.9 Å². The highest BCUT2D eigenvalue weighted by Crippen LogP contribution is 2.32. The molecule has 0 aliphatic carbocycles. The Morgan fingerprint density at radius 2 is 1.59 bits per heavy atom. The minimum Gasteiger partial charge on any atom is -0.342 e. The molecule has 5 aromatic rings. The smallest absolute Gasteiger partial charge is 0.342 e. The van der Waals surface area contributed by atoms with Crippen LogP contribution in [0.4, 0.5) is 19.0 Å². The number of hydrogen-bond acceptors (Lipinski definition) is 5. The van der Waals surface area contributed by atoms with Gasteiger partial charge in [-0.15, -0.1) is 0 Å². The lowest BCUT2D eigenvalue weighted by molar-refractivity contribution is -0.138. The first-order chi connectivity index (χ1) is 22.1. The number of halogens is 3. The van der Waals surface area contributed by atoms with Crippen molar-refractivity contribution in [2.45, 2.75) is 32.6 Å². The van der Waals surface area contributed by atoms with Gasteiger partial charge in [0.2, 0.25) is 5.91 Å². The average Bonchev–Trinajstić information content (AvgIpc) is 3.05. The number of nitrogens with one attached hydrogen (secondary N) is 1. The predicted molar refractivity (Wildman–Crippen MR) is 173 cm³/mol. The van der Waals surface area contributed by atoms with Gasteiger partial charge in [0.15, 0.2) is 0 Å². The largest absolute Gasteiger partial charge is 0.416 e. The highest BCUT2D eigenvalue weighted by atomic mass is 19.4. The number of aromatic nitrogens is 2. The summed E-state index contributed by atoms with van der Waals surface area (Å²) in [5.74, 6) is -0.0995. The quantitative estimate of drug-likeness (QED) is 0.173. The number of fused-ring (bicyclic) bond motifs is 1. The molecule has 236 valence electrons. The molecule has 0 saturated heterocycles. The van der Waals surface area contributed by atoms with Gasteiger partial charge >= 0.3 is 6.18 Å². The van der Waals surface area contributed by atoms with Crippen LogP contribution in [0.15, 0.2) is 103 Å². The molecular weight excluding hydrogens is 591 g/mol. The molecule has 0 aliphatic heterocycles. The van der Waals surface area contributed by atoms with Gasteiger partial charge < -0.3 is 10.2 Å². The monoisotopic (exact) mass is 625 g/mol. The number of likely N-dealkylation sites (N-methyl/N-ethyl adjacent to an activating group) is 2. The number of anilines is 1. The van der Waals surface area contributed by atoms with E-state index in [1.165, 1.54) is 12.1 Å². The standard InChI is InChI=1S/C36H34F3N5O2/c1-4-44(5-2)35(46)33(31-12-8-9-21-40-31)43(3)23-24-13-19-30-26(22-24)16-20-32(41-30)42-34(45)29-11-7-6-10-28(29)25-14-17-27(18-15-25)36(37,38)39/h6-22,33H,4-5,23H2,1-3H3,(H,41,42,45)/t33-/m0/s1. The zero-order valence-corrected chi connectivity index (χ0v) is 25.8. The van der Waals surface area contributed by atoms with Crippen molar-refractivity contribution in [3.8, 4) is 11.1 Å². The second-order valence-corrected chi connectivity index (χ2v) is 10.9. The van der Waals surface area contributed by atoms with Crippen molar-refractivity contribution in [1.29, 1.82) is 0 Å². The number of pyridine rings is 2. The van der Waals surface area contributed by atoms with Crippen LogP contribution in [0.25, 0.3) is 22.0 Å². The molecule has 7 nitrogen and oxygen atoms in total. The summed E-state index contributed by atoms with van der Waals surface area (Å²) in [6.45, 7) is 5.62. The highest BCUT2D eigenvalue weighted by molar-refractivity contribution is 6.08. The maximum absolute atomic E-state index is 13.5. The molecule has 2 heterocycles. The molecule has 0 spiro atoms. The van der Waals surface area contributed by atoms with E-state index < -0.39 is 23.7 Å². The van der Waals surface area contributed by atoms with Gasteiger partial charge in [0, 0.05) is 36.8 Å². The van der Waals surface area contributed by atoms with Gasteiger partial charge in [0.05, 0.1) is 16.8 Å². The fourth-order valence-corrected chi connectivity index (χ4v) is 5.46. The van der Waals surface area contributed by atoms with Crippen molar-refractivity contribution in [3.05, 3.63) is 126 Å². The molecule has 0 radical (unpaired) electrons. The summed E-state index contributed by atoms with van der Waals surface area (Å²) in [6.07, 6.45) is -2.75. The molecule has 46 heavy (non-hydrogen) atoms. The zero-order chi connectivity index (χ0) is 32.8. The normalized spacial score (nSPS) is 12.2. The van der Waals surface area contributed by atoms with Crippen LogP contribution >= 0.6 is 0 Å². The molecule has 5 rings (SSSR count). The fourth-order valence-electron chi connectivity index (χ4n) is 5.46. The van der Waals surface area contributed by atoms with Gasteiger partial charge in [-0.05, 0) is 92.2 Å². The molecule has 1 N–H and O–H groups in total. The Morgan fingerprint density at radius 1 is 0.870 bits per heavy atom. The molecule has 2 amide bonds. The Balaban J connectivity index is 1.33. The maximum Gasteiger partial charge on any atom is 0.416 e. The maximum atomic E-state index is 13.5. The van der Waals surface area contributed by atoms with Crippen LogP contribution in [0.2, 0.25) is 0 Å². The van der Waals surface area contributed by atoms with E-state index in [1.54, 1.807) is 41.4 Å². The molecule has 2 aromatic heterocycles. The Kier molecular flexibility index (Phi) is 9.77. The Labute approximate surface area is 265 Å². The number of carbonyl (C=O) groups is 2. The van der Waals surface area contributed by atoms with Gasteiger partial charge in [0.25, 0.3) is 5.91 Å². The molecule has 0 fully saturated rings. The van der Waals surface area contributed by atoms with Crippen LogP contribution in [0.1, 0.15) is 47.1 Å². The van der Waals surface area contributed by atoms with Crippen LogP contribution in [0.5, 0.6) is 0 Å². The summed E-state index contributed by atoms with van der Waals surface area (Å²) in [5, 5.41) is 3.68. The first-order valence-corrected chi connectivity index (χ1v) is 15.0. The van der Waals surface area contributed by atoms with Crippen LogP contribution in [0.3, 0.4) is 0 Å². The Morgan fingerprint density at radius 3 is 2.26 bits per heavy atom. The average molecular weight is 626 g/mol. The van der Waals surface area contributed by atoms with E-state index in [-0.39, 0.29) is 5.91 Å². The number of rotatable bonds is 10. The van der Waals surface area contributed by atoms with Gasteiger partial charge in [-0.2, -0.15) is 13.2 Å². The van der Waals surface area contributed by atoms with Gasteiger partial charge in [-0.1, -0.05) is 42.5 Å². The van der Waals surface area contributed by atoms with Crippen molar-refractivity contribution >= 4 is 28.5 Å². The van der Waals surface area contributed by atoms with E-state index in [9.17, 15) is 22.8 Å². The molecule has 0 unspecified atom stereocenters. The summed E-state index contributed by atoms with van der Waals surface area (Å²) in [7, 11) is 1.91. The van der Waals surface area contributed by atoms with Crippen LogP contribution in [-0.2, 0) is 17.5 Å². The lowest BCUT2D eigenvalue weighted by Crippen LogP contribution is -2.41. The topological polar surface area (TPSA) is 78.4 Å². The van der Waals surface area contributed by atoms with E-state index in [0.29, 0.717) is 53.4 Å². The number of amides is 2. The summed E-state index contributed by atoms with van der Waals surface area (Å²) in [5.41, 5.74) is 2.88. The van der Waals surface area contributed by atoms with Gasteiger partial charge in [-0.25, -0.2) is 4.98 Å². The minimum atomic E-state index is -4.44. The summed E-state index contributed by atoms with van der Waals surface area (Å²) in [4.78, 5) is 39.7. The second-order valence-electron chi connectivity index (χ2n) is 10.9. The molecule has 0 aliphatic rings. The fraction of sp³-hybridized carbons (Fsp3) is 0.222. The van der Waals surface area contributed by atoms with E-state index in [1.807, 2.05) is 68.3 Å². The van der Waals surface area contributed by atoms with Crippen LogP contribution < -0.4 is 5.32 Å². The van der Waals surface area contributed by atoms with Gasteiger partial charge in [-0.3, -0.25) is 19.5 Å². The molecule has 0 bridgehead atoms. The minimum absolute atomic E-state index is 0.00562. The zero-order valence-electron chi connectivity index (χ0n) is 25.8. The van der Waals surface area contributed by atoms with Crippen molar-refractivity contribution < 1.29 is 22.8 Å². The number of alkyl halides is 3. The van der Waals surface area contributed by atoms with Crippen molar-refractivity contribution in [1.82, 2.24) is 19.8 Å². The Hall–Kier alpha value is -5.09. The highest BCUT2D eigenvalue weighted by Gasteiger charge is 2.31. The third kappa shape index (κ3) is 7.24. The predicted octanol–water partition coefficient (Wildman–Crippen LogP) is 7.61. The molecular formula is C36H34F3N5O2. The summed E-state index contributed by atoms with van der Waals surface area (Å²) >= 11 is 0. The third-order valence-corrected chi connectivity index (χ3v) is 7.84. The lowest BCUT2D eigenvalue weighted by Gasteiger charge is -2.31. The Bertz CT molecular complexity index is 1820. The molecule has 0 saturated carbocycles. The first kappa shape index (κ1) is 32.3. The summed E-state index contributed by atoms with van der Waals surface area (Å²) < 4.78 is 39.1.